The zero-order valence-electron chi connectivity index (χ0n) is 6.63. The molecule has 0 saturated carbocycles. The van der Waals surface area contributed by atoms with Crippen LogP contribution in [0.4, 0.5) is 10.1 Å². The van der Waals surface area contributed by atoms with Gasteiger partial charge in [0, 0.05) is 6.04 Å². The molecule has 0 spiro atoms. The largest absolute Gasteiger partial charge is 0.396 e. The van der Waals surface area contributed by atoms with Crippen LogP contribution in [0.1, 0.15) is 11.6 Å². The Morgan fingerprint density at radius 2 is 2.17 bits per heavy atom. The van der Waals surface area contributed by atoms with Gasteiger partial charge in [-0.1, -0.05) is 12.1 Å². The topological polar surface area (TPSA) is 52.0 Å². The summed E-state index contributed by atoms with van der Waals surface area (Å²) in [6.07, 6.45) is 1.58. The first kappa shape index (κ1) is 8.74. The number of hydrogen-bond donors (Lipinski definition) is 2. The normalized spacial score (nSPS) is 12.5. The molecule has 0 unspecified atom stereocenters. The molecule has 1 rings (SSSR count). The van der Waals surface area contributed by atoms with Crippen LogP contribution >= 0.6 is 0 Å². The van der Waals surface area contributed by atoms with Crippen LogP contribution < -0.4 is 11.5 Å². The van der Waals surface area contributed by atoms with E-state index in [1.54, 1.807) is 12.1 Å². The predicted octanol–water partition coefficient (Wildman–Crippen LogP) is 1.59. The van der Waals surface area contributed by atoms with Gasteiger partial charge in [-0.05, 0) is 17.7 Å². The summed E-state index contributed by atoms with van der Waals surface area (Å²) in [5.74, 6) is -0.421. The number of hydrogen-bond acceptors (Lipinski definition) is 2. The molecule has 0 aliphatic carbocycles. The smallest absolute Gasteiger partial charge is 0.146 e. The van der Waals surface area contributed by atoms with Gasteiger partial charge in [0.2, 0.25) is 0 Å². The van der Waals surface area contributed by atoms with Crippen LogP contribution in [0.5, 0.6) is 0 Å². The fraction of sp³-hybridized carbons (Fsp3) is 0.111. The van der Waals surface area contributed by atoms with E-state index in [1.165, 1.54) is 12.1 Å². The van der Waals surface area contributed by atoms with Crippen LogP contribution in [-0.2, 0) is 0 Å². The lowest BCUT2D eigenvalue weighted by Gasteiger charge is -2.07. The summed E-state index contributed by atoms with van der Waals surface area (Å²) in [6.45, 7) is 3.53. The van der Waals surface area contributed by atoms with Crippen LogP contribution in [0.15, 0.2) is 30.9 Å². The quantitative estimate of drug-likeness (QED) is 0.518. The molecule has 0 heterocycles. The zero-order valence-corrected chi connectivity index (χ0v) is 6.63. The first-order valence-corrected chi connectivity index (χ1v) is 3.58. The van der Waals surface area contributed by atoms with Crippen molar-refractivity contribution >= 4 is 5.69 Å². The van der Waals surface area contributed by atoms with Gasteiger partial charge in [-0.25, -0.2) is 4.39 Å². The molecule has 1 aromatic carbocycles. The molecule has 2 nitrogen and oxygen atoms in total. The third-order valence-corrected chi connectivity index (χ3v) is 1.66. The van der Waals surface area contributed by atoms with E-state index in [2.05, 4.69) is 6.58 Å². The third-order valence-electron chi connectivity index (χ3n) is 1.66. The van der Waals surface area contributed by atoms with E-state index in [4.69, 9.17) is 11.5 Å². The molecule has 4 N–H and O–H groups in total. The highest BCUT2D eigenvalue weighted by Gasteiger charge is 2.03. The van der Waals surface area contributed by atoms with Gasteiger partial charge in [0.25, 0.3) is 0 Å². The van der Waals surface area contributed by atoms with Gasteiger partial charge in [0.15, 0.2) is 0 Å². The molecule has 1 aromatic rings. The van der Waals surface area contributed by atoms with Crippen LogP contribution in [-0.4, -0.2) is 0 Å². The monoisotopic (exact) mass is 166 g/mol. The minimum atomic E-state index is -0.421. The Hall–Kier alpha value is -1.35. The van der Waals surface area contributed by atoms with Crippen molar-refractivity contribution in [3.63, 3.8) is 0 Å². The molecule has 0 aliphatic rings. The number of halogens is 1. The number of nitrogen functional groups attached to an aromatic ring is 1. The van der Waals surface area contributed by atoms with Crippen molar-refractivity contribution in [3.8, 4) is 0 Å². The Morgan fingerprint density at radius 1 is 1.50 bits per heavy atom. The minimum Gasteiger partial charge on any atom is -0.396 e. The van der Waals surface area contributed by atoms with E-state index >= 15 is 0 Å². The summed E-state index contributed by atoms with van der Waals surface area (Å²) < 4.78 is 12.7. The first-order valence-electron chi connectivity index (χ1n) is 3.58. The molecule has 12 heavy (non-hydrogen) atoms. The van der Waals surface area contributed by atoms with Crippen molar-refractivity contribution in [1.82, 2.24) is 0 Å². The molecule has 1 atom stereocenters. The van der Waals surface area contributed by atoms with Crippen molar-refractivity contribution in [3.05, 3.63) is 42.2 Å². The molecule has 0 radical (unpaired) electrons. The fourth-order valence-corrected chi connectivity index (χ4v) is 0.906. The lowest BCUT2D eigenvalue weighted by molar-refractivity contribution is 0.631. The van der Waals surface area contributed by atoms with Gasteiger partial charge in [0.1, 0.15) is 5.82 Å². The highest BCUT2D eigenvalue weighted by molar-refractivity contribution is 5.43. The Bertz CT molecular complexity index is 297. The zero-order chi connectivity index (χ0) is 9.14. The Morgan fingerprint density at radius 3 is 2.67 bits per heavy atom. The van der Waals surface area contributed by atoms with Gasteiger partial charge in [-0.3, -0.25) is 0 Å². The Balaban J connectivity index is 3.04. The van der Waals surface area contributed by atoms with Crippen molar-refractivity contribution in [1.29, 1.82) is 0 Å². The highest BCUT2D eigenvalue weighted by atomic mass is 19.1. The molecule has 0 aliphatic heterocycles. The van der Waals surface area contributed by atoms with Gasteiger partial charge < -0.3 is 11.5 Å². The maximum Gasteiger partial charge on any atom is 0.146 e. The van der Waals surface area contributed by atoms with Crippen LogP contribution in [0.2, 0.25) is 0 Å². The summed E-state index contributed by atoms with van der Waals surface area (Å²) in [4.78, 5) is 0. The Labute approximate surface area is 70.7 Å². The van der Waals surface area contributed by atoms with Crippen LogP contribution in [0.3, 0.4) is 0 Å². The van der Waals surface area contributed by atoms with Gasteiger partial charge >= 0.3 is 0 Å². The summed E-state index contributed by atoms with van der Waals surface area (Å²) in [6, 6.07) is 4.13. The molecular weight excluding hydrogens is 155 g/mol. The SMILES string of the molecule is C=C[C@@H](N)c1ccc(F)c(N)c1. The van der Waals surface area contributed by atoms with E-state index < -0.39 is 5.82 Å². The molecule has 0 saturated heterocycles. The number of nitrogens with two attached hydrogens (primary N) is 2. The molecule has 64 valence electrons. The predicted molar refractivity (Wildman–Crippen MR) is 47.9 cm³/mol. The lowest BCUT2D eigenvalue weighted by Crippen LogP contribution is -2.07. The molecule has 0 fully saturated rings. The highest BCUT2D eigenvalue weighted by Crippen LogP contribution is 2.17. The van der Waals surface area contributed by atoms with E-state index in [9.17, 15) is 4.39 Å². The fourth-order valence-electron chi connectivity index (χ4n) is 0.906. The van der Waals surface area contributed by atoms with Gasteiger partial charge in [0.05, 0.1) is 5.69 Å². The molecule has 3 heteroatoms. The van der Waals surface area contributed by atoms with Crippen molar-refractivity contribution in [2.24, 2.45) is 5.73 Å². The van der Waals surface area contributed by atoms with Crippen molar-refractivity contribution < 1.29 is 4.39 Å². The Kier molecular flexibility index (Phi) is 2.45. The van der Waals surface area contributed by atoms with Crippen LogP contribution in [0.25, 0.3) is 0 Å². The summed E-state index contributed by atoms with van der Waals surface area (Å²) in [5, 5.41) is 0. The summed E-state index contributed by atoms with van der Waals surface area (Å²) in [7, 11) is 0. The lowest BCUT2D eigenvalue weighted by atomic mass is 10.1. The second kappa shape index (κ2) is 3.36. The first-order chi connectivity index (χ1) is 5.65. The maximum absolute atomic E-state index is 12.7. The van der Waals surface area contributed by atoms with Gasteiger partial charge in [-0.2, -0.15) is 0 Å². The third kappa shape index (κ3) is 1.62. The van der Waals surface area contributed by atoms with Crippen molar-refractivity contribution in [2.75, 3.05) is 5.73 Å². The molecule has 0 aromatic heterocycles. The van der Waals surface area contributed by atoms with E-state index in [0.29, 0.717) is 0 Å². The molecule has 0 bridgehead atoms. The second-order valence-electron chi connectivity index (χ2n) is 2.54. The van der Waals surface area contributed by atoms with Gasteiger partial charge in [-0.15, -0.1) is 6.58 Å². The number of anilines is 1. The van der Waals surface area contributed by atoms with E-state index in [-0.39, 0.29) is 11.7 Å². The maximum atomic E-state index is 12.7. The summed E-state index contributed by atoms with van der Waals surface area (Å²) in [5.41, 5.74) is 11.8. The minimum absolute atomic E-state index is 0.116. The molecule has 0 amide bonds. The average Bonchev–Trinajstić information content (AvgIpc) is 2.08. The van der Waals surface area contributed by atoms with Crippen LogP contribution in [0, 0.1) is 5.82 Å². The standard InChI is InChI=1S/C9H11FN2/c1-2-8(11)6-3-4-7(10)9(12)5-6/h2-5,8H,1,11-12H2/t8-/m1/s1. The van der Waals surface area contributed by atoms with E-state index in [1.807, 2.05) is 0 Å². The van der Waals surface area contributed by atoms with Crippen molar-refractivity contribution in [2.45, 2.75) is 6.04 Å². The molecular formula is C9H11FN2. The number of rotatable bonds is 2. The average molecular weight is 166 g/mol. The second-order valence-corrected chi connectivity index (χ2v) is 2.54. The summed E-state index contributed by atoms with van der Waals surface area (Å²) >= 11 is 0. The number of benzene rings is 1. The van der Waals surface area contributed by atoms with E-state index in [0.717, 1.165) is 5.56 Å².